The van der Waals surface area contributed by atoms with Crippen molar-refractivity contribution < 1.29 is 23.8 Å². The zero-order valence-corrected chi connectivity index (χ0v) is 18.9. The summed E-state index contributed by atoms with van der Waals surface area (Å²) >= 11 is 1.65. The van der Waals surface area contributed by atoms with Crippen LogP contribution in [0.15, 0.2) is 12.1 Å². The number of nitrogens with one attached hydrogen (secondary N) is 1. The van der Waals surface area contributed by atoms with Crippen molar-refractivity contribution in [2.24, 2.45) is 5.92 Å². The lowest BCUT2D eigenvalue weighted by molar-refractivity contribution is -0.136. The molecule has 2 rings (SSSR count). The van der Waals surface area contributed by atoms with E-state index >= 15 is 0 Å². The normalized spacial score (nSPS) is 21.0. The van der Waals surface area contributed by atoms with Crippen LogP contribution in [0.5, 0.6) is 17.2 Å². The van der Waals surface area contributed by atoms with E-state index in [1.54, 1.807) is 57.0 Å². The number of benzene rings is 1. The number of carbonyl (C=O) groups is 2. The molecule has 7 nitrogen and oxygen atoms in total. The predicted molar refractivity (Wildman–Crippen MR) is 115 cm³/mol. The van der Waals surface area contributed by atoms with Crippen LogP contribution in [0.1, 0.15) is 32.8 Å². The Kier molecular flexibility index (Phi) is 8.49. The second kappa shape index (κ2) is 10.6. The first kappa shape index (κ1) is 23.2. The lowest BCUT2D eigenvalue weighted by atomic mass is 10.1. The van der Waals surface area contributed by atoms with Crippen LogP contribution in [0, 0.1) is 5.92 Å². The summed E-state index contributed by atoms with van der Waals surface area (Å²) in [6.45, 7) is 6.72. The Hall–Kier alpha value is -2.09. The van der Waals surface area contributed by atoms with Gasteiger partial charge in [0.1, 0.15) is 23.3 Å². The van der Waals surface area contributed by atoms with Gasteiger partial charge >= 0.3 is 0 Å². The number of ether oxygens (including phenoxy) is 3. The maximum absolute atomic E-state index is 13.1. The van der Waals surface area contributed by atoms with E-state index in [4.69, 9.17) is 14.2 Å². The molecule has 2 atom stereocenters. The summed E-state index contributed by atoms with van der Waals surface area (Å²) in [4.78, 5) is 27.5. The van der Waals surface area contributed by atoms with Gasteiger partial charge in [0.15, 0.2) is 0 Å². The van der Waals surface area contributed by atoms with Gasteiger partial charge in [-0.15, -0.1) is 11.8 Å². The van der Waals surface area contributed by atoms with E-state index in [-0.39, 0.29) is 23.0 Å². The second-order valence-electron chi connectivity index (χ2n) is 7.39. The van der Waals surface area contributed by atoms with Crippen molar-refractivity contribution in [2.75, 3.05) is 33.6 Å². The SMILES string of the molecule is COc1cc(OC)c(CN2CCCS[C@H](C(C)C)C(=O)N[C@@H](C)C2=O)c(OC)c1. The quantitative estimate of drug-likeness (QED) is 0.757. The highest BCUT2D eigenvalue weighted by Gasteiger charge is 2.30. The van der Waals surface area contributed by atoms with Crippen LogP contribution >= 0.6 is 11.8 Å². The average Bonchev–Trinajstić information content (AvgIpc) is 2.70. The van der Waals surface area contributed by atoms with Gasteiger partial charge in [0, 0.05) is 18.7 Å². The van der Waals surface area contributed by atoms with E-state index in [0.29, 0.717) is 30.3 Å². The van der Waals surface area contributed by atoms with Crippen molar-refractivity contribution in [2.45, 2.75) is 45.0 Å². The molecule has 8 heteroatoms. The first-order valence-electron chi connectivity index (χ1n) is 9.82. The second-order valence-corrected chi connectivity index (χ2v) is 8.64. The Balaban J connectivity index is 2.28. The molecular formula is C21H32N2O5S. The average molecular weight is 425 g/mol. The topological polar surface area (TPSA) is 77.1 Å². The van der Waals surface area contributed by atoms with Gasteiger partial charge in [0.05, 0.1) is 38.7 Å². The molecule has 0 saturated carbocycles. The molecule has 162 valence electrons. The van der Waals surface area contributed by atoms with Crippen LogP contribution in [0.4, 0.5) is 0 Å². The van der Waals surface area contributed by atoms with E-state index in [1.807, 2.05) is 13.8 Å². The molecule has 2 amide bonds. The highest BCUT2D eigenvalue weighted by Crippen LogP contribution is 2.35. The van der Waals surface area contributed by atoms with Crippen molar-refractivity contribution in [1.29, 1.82) is 0 Å². The molecule has 1 fully saturated rings. The summed E-state index contributed by atoms with van der Waals surface area (Å²) < 4.78 is 16.3. The minimum atomic E-state index is -0.599. The number of methoxy groups -OCH3 is 3. The number of amides is 2. The van der Waals surface area contributed by atoms with E-state index in [9.17, 15) is 9.59 Å². The highest BCUT2D eigenvalue weighted by atomic mass is 32.2. The lowest BCUT2D eigenvalue weighted by Crippen LogP contribution is -2.50. The van der Waals surface area contributed by atoms with Gasteiger partial charge in [-0.1, -0.05) is 13.8 Å². The smallest absolute Gasteiger partial charge is 0.245 e. The lowest BCUT2D eigenvalue weighted by Gasteiger charge is -2.30. The maximum atomic E-state index is 13.1. The van der Waals surface area contributed by atoms with Crippen molar-refractivity contribution in [3.63, 3.8) is 0 Å². The number of thioether (sulfide) groups is 1. The third kappa shape index (κ3) is 5.72. The van der Waals surface area contributed by atoms with Gasteiger partial charge in [-0.3, -0.25) is 9.59 Å². The first-order chi connectivity index (χ1) is 13.8. The molecule has 0 bridgehead atoms. The van der Waals surface area contributed by atoms with Crippen LogP contribution < -0.4 is 19.5 Å². The van der Waals surface area contributed by atoms with E-state index in [1.165, 1.54) is 0 Å². The van der Waals surface area contributed by atoms with Crippen LogP contribution in [0.25, 0.3) is 0 Å². The first-order valence-corrected chi connectivity index (χ1v) is 10.9. The van der Waals surface area contributed by atoms with E-state index in [0.717, 1.165) is 17.7 Å². The van der Waals surface area contributed by atoms with Gasteiger partial charge in [0.25, 0.3) is 0 Å². The van der Waals surface area contributed by atoms with Gasteiger partial charge in [-0.05, 0) is 25.0 Å². The van der Waals surface area contributed by atoms with Crippen molar-refractivity contribution in [3.05, 3.63) is 17.7 Å². The zero-order valence-electron chi connectivity index (χ0n) is 18.1. The van der Waals surface area contributed by atoms with Crippen LogP contribution in [-0.4, -0.2) is 61.6 Å². The molecule has 0 unspecified atom stereocenters. The third-order valence-corrected chi connectivity index (χ3v) is 6.58. The third-order valence-electron chi connectivity index (χ3n) is 4.94. The molecule has 0 spiro atoms. The van der Waals surface area contributed by atoms with E-state index < -0.39 is 6.04 Å². The molecule has 29 heavy (non-hydrogen) atoms. The number of rotatable bonds is 6. The fourth-order valence-corrected chi connectivity index (χ4v) is 4.51. The predicted octanol–water partition coefficient (Wildman–Crippen LogP) is 2.71. The summed E-state index contributed by atoms with van der Waals surface area (Å²) in [6.07, 6.45) is 0.806. The van der Waals surface area contributed by atoms with Crippen molar-refractivity contribution in [3.8, 4) is 17.2 Å². The summed E-state index contributed by atoms with van der Waals surface area (Å²) in [5, 5.41) is 2.75. The molecule has 1 N–H and O–H groups in total. The van der Waals surface area contributed by atoms with Crippen molar-refractivity contribution >= 4 is 23.6 Å². The van der Waals surface area contributed by atoms with E-state index in [2.05, 4.69) is 5.32 Å². The number of carbonyl (C=O) groups excluding carboxylic acids is 2. The summed E-state index contributed by atoms with van der Waals surface area (Å²) in [5.41, 5.74) is 0.771. The van der Waals surface area contributed by atoms with Gasteiger partial charge in [0.2, 0.25) is 11.8 Å². The molecule has 0 aromatic heterocycles. The Morgan fingerprint density at radius 2 is 1.76 bits per heavy atom. The molecule has 1 aliphatic rings. The minimum absolute atomic E-state index is 0.0766. The molecular weight excluding hydrogens is 392 g/mol. The summed E-state index contributed by atoms with van der Waals surface area (Å²) in [5.74, 6) is 2.64. The van der Waals surface area contributed by atoms with Crippen molar-refractivity contribution in [1.82, 2.24) is 10.2 Å². The Morgan fingerprint density at radius 3 is 2.28 bits per heavy atom. The Bertz CT molecular complexity index is 700. The zero-order chi connectivity index (χ0) is 21.6. The number of hydrogen-bond acceptors (Lipinski definition) is 6. The fraction of sp³-hybridized carbons (Fsp3) is 0.619. The molecule has 1 aromatic rings. The Labute approximate surface area is 177 Å². The van der Waals surface area contributed by atoms with Gasteiger partial charge in [-0.25, -0.2) is 0 Å². The molecule has 1 aromatic carbocycles. The molecule has 1 aliphatic heterocycles. The number of nitrogens with zero attached hydrogens (tertiary/aromatic N) is 1. The number of hydrogen-bond donors (Lipinski definition) is 1. The molecule has 0 radical (unpaired) electrons. The summed E-state index contributed by atoms with van der Waals surface area (Å²) in [6, 6.07) is 2.95. The van der Waals surface area contributed by atoms with Crippen LogP contribution in [-0.2, 0) is 16.1 Å². The minimum Gasteiger partial charge on any atom is -0.496 e. The highest BCUT2D eigenvalue weighted by molar-refractivity contribution is 8.00. The molecule has 1 heterocycles. The van der Waals surface area contributed by atoms with Gasteiger partial charge in [-0.2, -0.15) is 0 Å². The molecule has 1 saturated heterocycles. The summed E-state index contributed by atoms with van der Waals surface area (Å²) in [7, 11) is 4.73. The van der Waals surface area contributed by atoms with Gasteiger partial charge < -0.3 is 24.4 Å². The Morgan fingerprint density at radius 1 is 1.14 bits per heavy atom. The largest absolute Gasteiger partial charge is 0.496 e. The molecule has 0 aliphatic carbocycles. The fourth-order valence-electron chi connectivity index (χ4n) is 3.36. The maximum Gasteiger partial charge on any atom is 0.245 e. The standard InChI is InChI=1S/C21H32N2O5S/c1-13(2)19-20(24)22-14(3)21(25)23(8-7-9-29-19)12-16-17(27-5)10-15(26-4)11-18(16)28-6/h10-11,13-14,19H,7-9,12H2,1-6H3,(H,22,24)/t14-,19+/m0/s1. The monoisotopic (exact) mass is 424 g/mol. The van der Waals surface area contributed by atoms with Crippen LogP contribution in [0.3, 0.4) is 0 Å². The van der Waals surface area contributed by atoms with Crippen LogP contribution in [0.2, 0.25) is 0 Å².